The number of nitrogens with one attached hydrogen (secondary N) is 1. The summed E-state index contributed by atoms with van der Waals surface area (Å²) in [6.45, 7) is 7.72. The highest BCUT2D eigenvalue weighted by atomic mass is 19.4. The largest absolute Gasteiger partial charge is 0.456 e. The van der Waals surface area contributed by atoms with Gasteiger partial charge in [0.25, 0.3) is 0 Å². The third-order valence-electron chi connectivity index (χ3n) is 7.66. The Morgan fingerprint density at radius 3 is 2.25 bits per heavy atom. The van der Waals surface area contributed by atoms with Crippen LogP contribution in [0.3, 0.4) is 0 Å². The molecule has 0 aliphatic carbocycles. The predicted molar refractivity (Wildman–Crippen MR) is 148 cm³/mol. The van der Waals surface area contributed by atoms with E-state index >= 15 is 0 Å². The molecule has 1 spiro atoms. The Hall–Kier alpha value is -4.46. The number of carbonyl (C=O) groups is 1. The van der Waals surface area contributed by atoms with Crippen molar-refractivity contribution in [2.24, 2.45) is 0 Å². The van der Waals surface area contributed by atoms with Gasteiger partial charge in [-0.25, -0.2) is 4.79 Å². The van der Waals surface area contributed by atoms with E-state index in [4.69, 9.17) is 9.47 Å². The van der Waals surface area contributed by atoms with Gasteiger partial charge in [-0.2, -0.15) is 13.2 Å². The molecule has 0 saturated heterocycles. The second-order valence-corrected chi connectivity index (χ2v) is 9.93. The van der Waals surface area contributed by atoms with Gasteiger partial charge < -0.3 is 19.7 Å². The Balaban J connectivity index is 1.51. The summed E-state index contributed by atoms with van der Waals surface area (Å²) in [6.07, 6.45) is -4.41. The zero-order valence-corrected chi connectivity index (χ0v) is 22.2. The first-order valence-electron chi connectivity index (χ1n) is 13.1. The summed E-state index contributed by atoms with van der Waals surface area (Å²) in [5, 5.41) is 3.24. The molecule has 2 aliphatic rings. The lowest BCUT2D eigenvalue weighted by Gasteiger charge is -2.37. The third kappa shape index (κ3) is 3.97. The van der Waals surface area contributed by atoms with Gasteiger partial charge in [-0.1, -0.05) is 18.2 Å². The van der Waals surface area contributed by atoms with E-state index in [1.165, 1.54) is 12.1 Å². The summed E-state index contributed by atoms with van der Waals surface area (Å²) < 4.78 is 52.0. The molecule has 0 aromatic heterocycles. The van der Waals surface area contributed by atoms with Crippen molar-refractivity contribution in [2.45, 2.75) is 32.5 Å². The molecule has 6 rings (SSSR count). The van der Waals surface area contributed by atoms with Crippen LogP contribution in [0, 0.1) is 6.92 Å². The number of carbonyl (C=O) groups excluding carboxylic acids is 1. The van der Waals surface area contributed by atoms with Gasteiger partial charge in [-0.15, -0.1) is 0 Å². The Kier molecular flexibility index (Phi) is 6.02. The molecule has 8 heteroatoms. The van der Waals surface area contributed by atoms with Crippen LogP contribution in [-0.4, -0.2) is 19.1 Å². The lowest BCUT2D eigenvalue weighted by molar-refractivity contribution is -0.137. The van der Waals surface area contributed by atoms with Crippen molar-refractivity contribution < 1.29 is 27.4 Å². The van der Waals surface area contributed by atoms with Crippen molar-refractivity contribution in [1.29, 1.82) is 0 Å². The molecule has 40 heavy (non-hydrogen) atoms. The van der Waals surface area contributed by atoms with Gasteiger partial charge in [-0.05, 0) is 80.9 Å². The fourth-order valence-electron chi connectivity index (χ4n) is 5.63. The average Bonchev–Trinajstić information content (AvgIpc) is 3.23. The molecule has 204 valence electrons. The highest BCUT2D eigenvalue weighted by Gasteiger charge is 2.53. The molecule has 4 aromatic carbocycles. The van der Waals surface area contributed by atoms with Crippen molar-refractivity contribution in [2.75, 3.05) is 23.3 Å². The van der Waals surface area contributed by atoms with E-state index in [1.54, 1.807) is 12.1 Å². The number of benzene rings is 4. The second kappa shape index (κ2) is 9.33. The number of anilines is 3. The van der Waals surface area contributed by atoms with Crippen molar-refractivity contribution >= 4 is 23.0 Å². The van der Waals surface area contributed by atoms with E-state index in [-0.39, 0.29) is 0 Å². The van der Waals surface area contributed by atoms with E-state index in [9.17, 15) is 18.0 Å². The van der Waals surface area contributed by atoms with Gasteiger partial charge in [0, 0.05) is 52.9 Å². The molecule has 2 heterocycles. The molecule has 1 N–H and O–H groups in total. The zero-order valence-electron chi connectivity index (χ0n) is 22.2. The molecule has 1 atom stereocenters. The van der Waals surface area contributed by atoms with Gasteiger partial charge in [-0.3, -0.25) is 0 Å². The van der Waals surface area contributed by atoms with Crippen LogP contribution in [0.5, 0.6) is 11.5 Å². The molecule has 2 aliphatic heterocycles. The highest BCUT2D eigenvalue weighted by Crippen LogP contribution is 2.57. The second-order valence-electron chi connectivity index (χ2n) is 9.93. The summed E-state index contributed by atoms with van der Waals surface area (Å²) in [4.78, 5) is 15.4. The van der Waals surface area contributed by atoms with Gasteiger partial charge in [0.1, 0.15) is 11.5 Å². The van der Waals surface area contributed by atoms with Crippen molar-refractivity contribution in [3.05, 3.63) is 112 Å². The van der Waals surface area contributed by atoms with Gasteiger partial charge in [0.15, 0.2) is 5.60 Å². The molecule has 0 radical (unpaired) electrons. The topological polar surface area (TPSA) is 50.8 Å². The lowest BCUT2D eigenvalue weighted by atomic mass is 9.77. The normalized spacial score (nSPS) is 17.0. The quantitative estimate of drug-likeness (QED) is 0.257. The number of nitrogens with zero attached hydrogens (tertiary/aromatic N) is 1. The molecule has 4 aromatic rings. The number of alkyl halides is 3. The van der Waals surface area contributed by atoms with Crippen LogP contribution in [-0.2, 0) is 16.5 Å². The Bertz CT molecular complexity index is 1630. The van der Waals surface area contributed by atoms with Crippen molar-refractivity contribution in [1.82, 2.24) is 0 Å². The third-order valence-corrected chi connectivity index (χ3v) is 7.66. The summed E-state index contributed by atoms with van der Waals surface area (Å²) in [6, 6.07) is 21.8. The SMILES string of the molecule is CCN(CC)c1ccc2c(c1)Oc1cc(C)c(Nc3ccc(C(F)(F)F)cc3)cc1C21OC(=O)c2ccccc21. The van der Waals surface area contributed by atoms with E-state index in [1.807, 2.05) is 49.4 Å². The Morgan fingerprint density at radius 1 is 0.850 bits per heavy atom. The van der Waals surface area contributed by atoms with Crippen molar-refractivity contribution in [3.63, 3.8) is 0 Å². The smallest absolute Gasteiger partial charge is 0.416 e. The first-order valence-corrected chi connectivity index (χ1v) is 13.1. The molecule has 0 bridgehead atoms. The first-order chi connectivity index (χ1) is 19.2. The average molecular weight is 545 g/mol. The lowest BCUT2D eigenvalue weighted by Crippen LogP contribution is -2.33. The molecular weight excluding hydrogens is 517 g/mol. The number of rotatable bonds is 5. The van der Waals surface area contributed by atoms with E-state index in [0.717, 1.165) is 36.5 Å². The minimum atomic E-state index is -4.41. The predicted octanol–water partition coefficient (Wildman–Crippen LogP) is 8.17. The number of esters is 1. The first kappa shape index (κ1) is 25.8. The van der Waals surface area contributed by atoms with Crippen LogP contribution in [0.2, 0.25) is 0 Å². The number of hydrogen-bond donors (Lipinski definition) is 1. The van der Waals surface area contributed by atoms with E-state index < -0.39 is 23.3 Å². The number of ether oxygens (including phenoxy) is 2. The van der Waals surface area contributed by atoms with Crippen LogP contribution in [0.15, 0.2) is 78.9 Å². The van der Waals surface area contributed by atoms with Crippen LogP contribution in [0.4, 0.5) is 30.2 Å². The minimum absolute atomic E-state index is 0.431. The number of fused-ring (bicyclic) bond motifs is 6. The summed E-state index contributed by atoms with van der Waals surface area (Å²) in [5.74, 6) is 0.716. The molecule has 0 fully saturated rings. The maximum absolute atomic E-state index is 13.2. The van der Waals surface area contributed by atoms with Crippen LogP contribution < -0.4 is 15.0 Å². The fourth-order valence-corrected chi connectivity index (χ4v) is 5.63. The van der Waals surface area contributed by atoms with E-state index in [2.05, 4.69) is 24.1 Å². The maximum atomic E-state index is 13.2. The van der Waals surface area contributed by atoms with Crippen LogP contribution in [0.25, 0.3) is 0 Å². The summed E-state index contributed by atoms with van der Waals surface area (Å²) >= 11 is 0. The Labute approximate surface area is 230 Å². The summed E-state index contributed by atoms with van der Waals surface area (Å²) in [5.41, 5.74) is 3.53. The van der Waals surface area contributed by atoms with Crippen LogP contribution in [0.1, 0.15) is 52.0 Å². The van der Waals surface area contributed by atoms with Gasteiger partial charge >= 0.3 is 12.1 Å². The monoisotopic (exact) mass is 544 g/mol. The zero-order chi connectivity index (χ0) is 28.2. The fraction of sp³-hybridized carbons (Fsp3) is 0.219. The standard InChI is InChI=1S/C32H27F3N2O3/c1-4-37(5-2)22-14-15-25-29(17-22)39-28-16-19(3)27(36-21-12-10-20(11-13-21)32(33,34)35)18-26(28)31(25)24-9-7-6-8-23(24)30(38)40-31/h6-18,36H,4-5H2,1-3H3. The minimum Gasteiger partial charge on any atom is -0.456 e. The van der Waals surface area contributed by atoms with Crippen molar-refractivity contribution in [3.8, 4) is 11.5 Å². The Morgan fingerprint density at radius 2 is 1.55 bits per heavy atom. The molecule has 0 saturated carbocycles. The molecule has 5 nitrogen and oxygen atoms in total. The number of hydrogen-bond acceptors (Lipinski definition) is 5. The molecule has 0 amide bonds. The molecular formula is C32H27F3N2O3. The number of aryl methyl sites for hydroxylation is 1. The highest BCUT2D eigenvalue weighted by molar-refractivity contribution is 5.97. The van der Waals surface area contributed by atoms with Crippen LogP contribution >= 0.6 is 0 Å². The van der Waals surface area contributed by atoms with Gasteiger partial charge in [0.05, 0.1) is 11.1 Å². The number of halogens is 3. The van der Waals surface area contributed by atoms with E-state index in [0.29, 0.717) is 45.1 Å². The maximum Gasteiger partial charge on any atom is 0.416 e. The van der Waals surface area contributed by atoms with Gasteiger partial charge in [0.2, 0.25) is 0 Å². The molecule has 1 unspecified atom stereocenters. The summed E-state index contributed by atoms with van der Waals surface area (Å²) in [7, 11) is 0.